The summed E-state index contributed by atoms with van der Waals surface area (Å²) in [5.74, 6) is -2.38. The lowest BCUT2D eigenvalue weighted by Crippen LogP contribution is -2.26. The summed E-state index contributed by atoms with van der Waals surface area (Å²) >= 11 is 1.52. The van der Waals surface area contributed by atoms with Crippen LogP contribution in [0.5, 0.6) is 0 Å². The van der Waals surface area contributed by atoms with Gasteiger partial charge in [-0.25, -0.2) is 13.8 Å². The van der Waals surface area contributed by atoms with Gasteiger partial charge >= 0.3 is 0 Å². The molecule has 0 aliphatic heterocycles. The van der Waals surface area contributed by atoms with E-state index in [0.717, 1.165) is 18.3 Å². The fraction of sp³-hybridized carbons (Fsp3) is 0. The van der Waals surface area contributed by atoms with Crippen LogP contribution >= 0.6 is 22.6 Å². The lowest BCUT2D eigenvalue weighted by molar-refractivity contribution is 0.102. The maximum absolute atomic E-state index is 13.5. The molecule has 1 amide bonds. The Morgan fingerprint density at radius 2 is 1.91 bits per heavy atom. The number of nitrogens with one attached hydrogen (secondary N) is 1. The van der Waals surface area contributed by atoms with Crippen LogP contribution in [0.2, 0.25) is 0 Å². The maximum atomic E-state index is 13.5. The van der Waals surface area contributed by atoms with E-state index in [0.29, 0.717) is 5.65 Å². The molecule has 116 valence electrons. The van der Waals surface area contributed by atoms with Crippen molar-refractivity contribution in [3.63, 3.8) is 0 Å². The number of aromatic nitrogens is 2. The van der Waals surface area contributed by atoms with Crippen molar-refractivity contribution in [2.45, 2.75) is 0 Å². The van der Waals surface area contributed by atoms with Crippen LogP contribution in [-0.4, -0.2) is 15.3 Å². The smallest absolute Gasteiger partial charge is 0.270 e. The first-order valence-electron chi connectivity index (χ1n) is 6.39. The number of hydrogen-bond acceptors (Lipinski definition) is 3. The molecule has 0 aliphatic carbocycles. The highest BCUT2D eigenvalue weighted by atomic mass is 127. The molecule has 8 heteroatoms. The standard InChI is InChI=1S/C15H8F2IN3O2/c16-10-5-8(6-11(17)13(10)18)20-14(22)9-7-19-12-3-1-2-4-21(12)15(9)23/h1-7H,(H,20,22). The number of pyridine rings is 1. The van der Waals surface area contributed by atoms with Gasteiger partial charge < -0.3 is 5.32 Å². The van der Waals surface area contributed by atoms with Crippen LogP contribution in [0.1, 0.15) is 10.4 Å². The summed E-state index contributed by atoms with van der Waals surface area (Å²) in [6.45, 7) is 0. The van der Waals surface area contributed by atoms with Crippen LogP contribution < -0.4 is 10.9 Å². The average Bonchev–Trinajstić information content (AvgIpc) is 2.53. The van der Waals surface area contributed by atoms with Crippen molar-refractivity contribution in [1.29, 1.82) is 0 Å². The number of hydrogen-bond donors (Lipinski definition) is 1. The van der Waals surface area contributed by atoms with E-state index >= 15 is 0 Å². The predicted molar refractivity (Wildman–Crippen MR) is 88.5 cm³/mol. The maximum Gasteiger partial charge on any atom is 0.270 e. The number of carbonyl (C=O) groups is 1. The zero-order valence-electron chi connectivity index (χ0n) is 11.4. The van der Waals surface area contributed by atoms with Crippen LogP contribution in [0.15, 0.2) is 47.5 Å². The Morgan fingerprint density at radius 1 is 1.22 bits per heavy atom. The normalized spacial score (nSPS) is 10.7. The summed E-state index contributed by atoms with van der Waals surface area (Å²) in [5.41, 5.74) is -0.490. The van der Waals surface area contributed by atoms with E-state index in [1.54, 1.807) is 18.2 Å². The number of amides is 1. The van der Waals surface area contributed by atoms with Gasteiger partial charge in [0.05, 0.1) is 3.57 Å². The SMILES string of the molecule is O=C(Nc1cc(F)c(I)c(F)c1)c1cnc2ccccn2c1=O. The van der Waals surface area contributed by atoms with Gasteiger partial charge in [-0.05, 0) is 46.9 Å². The van der Waals surface area contributed by atoms with E-state index in [9.17, 15) is 18.4 Å². The van der Waals surface area contributed by atoms with Gasteiger partial charge in [-0.2, -0.15) is 0 Å². The largest absolute Gasteiger partial charge is 0.322 e. The van der Waals surface area contributed by atoms with E-state index in [-0.39, 0.29) is 14.8 Å². The first kappa shape index (κ1) is 15.5. The van der Waals surface area contributed by atoms with Crippen molar-refractivity contribution in [3.8, 4) is 0 Å². The molecule has 0 aliphatic rings. The monoisotopic (exact) mass is 427 g/mol. The topological polar surface area (TPSA) is 63.5 Å². The van der Waals surface area contributed by atoms with Gasteiger partial charge in [0.1, 0.15) is 22.8 Å². The van der Waals surface area contributed by atoms with Crippen LogP contribution in [0.4, 0.5) is 14.5 Å². The Kier molecular flexibility index (Phi) is 4.07. The number of benzene rings is 1. The number of carbonyl (C=O) groups excluding carboxylic acids is 1. The molecular weight excluding hydrogens is 419 g/mol. The molecule has 2 heterocycles. The molecule has 0 atom stereocenters. The molecule has 0 bridgehead atoms. The van der Waals surface area contributed by atoms with Crippen LogP contribution in [0.25, 0.3) is 5.65 Å². The molecule has 0 spiro atoms. The van der Waals surface area contributed by atoms with Crippen molar-refractivity contribution >= 4 is 39.8 Å². The fourth-order valence-corrected chi connectivity index (χ4v) is 2.32. The highest BCUT2D eigenvalue weighted by Gasteiger charge is 2.15. The Hall–Kier alpha value is -2.36. The minimum absolute atomic E-state index is 0.0806. The summed E-state index contributed by atoms with van der Waals surface area (Å²) < 4.78 is 28.0. The third-order valence-corrected chi connectivity index (χ3v) is 4.13. The van der Waals surface area contributed by atoms with Crippen molar-refractivity contribution < 1.29 is 13.6 Å². The third-order valence-electron chi connectivity index (χ3n) is 3.10. The minimum atomic E-state index is -0.797. The Bertz CT molecular complexity index is 965. The summed E-state index contributed by atoms with van der Waals surface area (Å²) in [6.07, 6.45) is 2.61. The van der Waals surface area contributed by atoms with E-state index in [1.807, 2.05) is 0 Å². The molecule has 0 saturated carbocycles. The number of fused-ring (bicyclic) bond motifs is 1. The molecule has 3 rings (SSSR count). The zero-order valence-corrected chi connectivity index (χ0v) is 13.5. The fourth-order valence-electron chi connectivity index (χ4n) is 2.01. The van der Waals surface area contributed by atoms with Gasteiger partial charge in [-0.1, -0.05) is 6.07 Å². The van der Waals surface area contributed by atoms with Crippen LogP contribution in [0, 0.1) is 15.2 Å². The zero-order chi connectivity index (χ0) is 16.6. The van der Waals surface area contributed by atoms with E-state index in [1.165, 1.54) is 33.2 Å². The second-order valence-corrected chi connectivity index (χ2v) is 5.69. The van der Waals surface area contributed by atoms with Crippen molar-refractivity contribution in [1.82, 2.24) is 9.38 Å². The second kappa shape index (κ2) is 6.03. The molecule has 3 aromatic rings. The van der Waals surface area contributed by atoms with Crippen LogP contribution in [-0.2, 0) is 0 Å². The number of rotatable bonds is 2. The van der Waals surface area contributed by atoms with Gasteiger partial charge in [0, 0.05) is 18.1 Å². The highest BCUT2D eigenvalue weighted by molar-refractivity contribution is 14.1. The van der Waals surface area contributed by atoms with Crippen molar-refractivity contribution in [3.05, 3.63) is 73.8 Å². The van der Waals surface area contributed by atoms with Crippen molar-refractivity contribution in [2.75, 3.05) is 5.32 Å². The molecule has 0 unspecified atom stereocenters. The highest BCUT2D eigenvalue weighted by Crippen LogP contribution is 2.20. The Balaban J connectivity index is 1.98. The first-order chi connectivity index (χ1) is 11.0. The van der Waals surface area contributed by atoms with Gasteiger partial charge in [0.2, 0.25) is 0 Å². The summed E-state index contributed by atoms with van der Waals surface area (Å²) in [5, 5.41) is 2.30. The molecule has 2 aromatic heterocycles. The molecule has 5 nitrogen and oxygen atoms in total. The number of nitrogens with zero attached hydrogens (tertiary/aromatic N) is 2. The van der Waals surface area contributed by atoms with Gasteiger partial charge in [0.15, 0.2) is 0 Å². The van der Waals surface area contributed by atoms with E-state index in [2.05, 4.69) is 10.3 Å². The van der Waals surface area contributed by atoms with Gasteiger partial charge in [-0.3, -0.25) is 14.0 Å². The van der Waals surface area contributed by atoms with Gasteiger partial charge in [0.25, 0.3) is 11.5 Å². The Labute approximate surface area is 142 Å². The Morgan fingerprint density at radius 3 is 2.61 bits per heavy atom. The summed E-state index contributed by atoms with van der Waals surface area (Å²) in [4.78, 5) is 28.4. The minimum Gasteiger partial charge on any atom is -0.322 e. The quantitative estimate of drug-likeness (QED) is 0.506. The van der Waals surface area contributed by atoms with E-state index in [4.69, 9.17) is 0 Å². The summed E-state index contributed by atoms with van der Waals surface area (Å²) in [6, 6.07) is 6.91. The number of halogens is 3. The molecule has 0 fully saturated rings. The van der Waals surface area contributed by atoms with Crippen LogP contribution in [0.3, 0.4) is 0 Å². The third kappa shape index (κ3) is 2.93. The number of anilines is 1. The molecule has 1 N–H and O–H groups in total. The average molecular weight is 427 g/mol. The second-order valence-electron chi connectivity index (χ2n) is 4.61. The molecular formula is C15H8F2IN3O2. The molecule has 0 saturated heterocycles. The summed E-state index contributed by atoms with van der Waals surface area (Å²) in [7, 11) is 0. The predicted octanol–water partition coefficient (Wildman–Crippen LogP) is 2.83. The molecule has 23 heavy (non-hydrogen) atoms. The lowest BCUT2D eigenvalue weighted by Gasteiger charge is -2.07. The molecule has 0 radical (unpaired) electrons. The van der Waals surface area contributed by atoms with Gasteiger partial charge in [-0.15, -0.1) is 0 Å². The lowest BCUT2D eigenvalue weighted by atomic mass is 10.2. The first-order valence-corrected chi connectivity index (χ1v) is 7.47. The molecule has 1 aromatic carbocycles. The van der Waals surface area contributed by atoms with E-state index < -0.39 is 23.1 Å². The van der Waals surface area contributed by atoms with Crippen molar-refractivity contribution in [2.24, 2.45) is 0 Å².